The van der Waals surface area contributed by atoms with Gasteiger partial charge in [-0.2, -0.15) is 4.31 Å². The van der Waals surface area contributed by atoms with Crippen molar-refractivity contribution in [3.8, 4) is 11.5 Å². The fourth-order valence-corrected chi connectivity index (χ4v) is 4.08. The Morgan fingerprint density at radius 1 is 1.13 bits per heavy atom. The van der Waals surface area contributed by atoms with Crippen LogP contribution in [0.25, 0.3) is 6.08 Å². The number of rotatable bonds is 9. The summed E-state index contributed by atoms with van der Waals surface area (Å²) in [4.78, 5) is 22.7. The summed E-state index contributed by atoms with van der Waals surface area (Å²) in [6, 6.07) is 9.87. The number of benzene rings is 2. The molecule has 2 rings (SSSR count). The van der Waals surface area contributed by atoms with Crippen molar-refractivity contribution in [3.05, 3.63) is 64.2 Å². The van der Waals surface area contributed by atoms with Crippen LogP contribution in [0.4, 0.5) is 5.69 Å². The van der Waals surface area contributed by atoms with Crippen LogP contribution in [0.2, 0.25) is 0 Å². The molecule has 0 spiro atoms. The molecule has 0 bridgehead atoms. The largest absolute Gasteiger partial charge is 0.496 e. The van der Waals surface area contributed by atoms with Gasteiger partial charge in [0.05, 0.1) is 23.0 Å². The van der Waals surface area contributed by atoms with E-state index in [1.165, 1.54) is 41.8 Å². The molecule has 9 nitrogen and oxygen atoms in total. The highest BCUT2D eigenvalue weighted by atomic mass is 32.2. The predicted octanol–water partition coefficient (Wildman–Crippen LogP) is 3.25. The molecule has 0 N–H and O–H groups in total. The van der Waals surface area contributed by atoms with Gasteiger partial charge in [0.15, 0.2) is 0 Å². The van der Waals surface area contributed by atoms with Gasteiger partial charge in [0.1, 0.15) is 5.75 Å². The maximum absolute atomic E-state index is 12.5. The summed E-state index contributed by atoms with van der Waals surface area (Å²) in [5, 5.41) is 11.1. The Morgan fingerprint density at radius 3 is 2.30 bits per heavy atom. The standard InChI is InChI=1S/C20H22N2O7S/c1-4-21(5-2)30(26,27)17-10-6-15(7-11-17)8-13-20(23)29-19-12-9-16(28-3)14-18(19)22(24)25/h6-14H,4-5H2,1-3H3/b13-8+. The van der Waals surface area contributed by atoms with Gasteiger partial charge in [0.2, 0.25) is 15.8 Å². The highest BCUT2D eigenvalue weighted by Crippen LogP contribution is 2.31. The fraction of sp³-hybridized carbons (Fsp3) is 0.250. The van der Waals surface area contributed by atoms with E-state index in [4.69, 9.17) is 9.47 Å². The maximum atomic E-state index is 12.5. The van der Waals surface area contributed by atoms with Crippen LogP contribution in [0.1, 0.15) is 19.4 Å². The lowest BCUT2D eigenvalue weighted by Crippen LogP contribution is -2.30. The van der Waals surface area contributed by atoms with Gasteiger partial charge < -0.3 is 9.47 Å². The summed E-state index contributed by atoms with van der Waals surface area (Å²) in [7, 11) is -2.20. The van der Waals surface area contributed by atoms with Crippen LogP contribution in [0.15, 0.2) is 53.4 Å². The molecular weight excluding hydrogens is 412 g/mol. The molecule has 160 valence electrons. The number of hydrogen-bond acceptors (Lipinski definition) is 7. The topological polar surface area (TPSA) is 116 Å². The number of sulfonamides is 1. The lowest BCUT2D eigenvalue weighted by Gasteiger charge is -2.18. The number of nitro groups is 1. The lowest BCUT2D eigenvalue weighted by molar-refractivity contribution is -0.385. The number of ether oxygens (including phenoxy) is 2. The molecule has 0 aliphatic heterocycles. The third kappa shape index (κ3) is 5.43. The molecule has 2 aromatic rings. The van der Waals surface area contributed by atoms with Crippen LogP contribution in [0.5, 0.6) is 11.5 Å². The zero-order chi connectivity index (χ0) is 22.3. The van der Waals surface area contributed by atoms with Crippen LogP contribution in [0, 0.1) is 10.1 Å². The van der Waals surface area contributed by atoms with Crippen molar-refractivity contribution in [2.24, 2.45) is 0 Å². The Morgan fingerprint density at radius 2 is 1.77 bits per heavy atom. The first-order chi connectivity index (χ1) is 14.2. The van der Waals surface area contributed by atoms with Gasteiger partial charge in [-0.05, 0) is 35.9 Å². The molecule has 0 saturated carbocycles. The van der Waals surface area contributed by atoms with Gasteiger partial charge in [0.25, 0.3) is 0 Å². The lowest BCUT2D eigenvalue weighted by atomic mass is 10.2. The van der Waals surface area contributed by atoms with Gasteiger partial charge in [-0.15, -0.1) is 0 Å². The van der Waals surface area contributed by atoms with E-state index in [0.29, 0.717) is 18.7 Å². The third-order valence-electron chi connectivity index (χ3n) is 4.21. The molecule has 0 amide bonds. The van der Waals surface area contributed by atoms with Crippen molar-refractivity contribution in [2.75, 3.05) is 20.2 Å². The SMILES string of the molecule is CCN(CC)S(=O)(=O)c1ccc(/C=C/C(=O)Oc2ccc(OC)cc2[N+](=O)[O-])cc1. The third-order valence-corrected chi connectivity index (χ3v) is 6.27. The molecule has 2 aromatic carbocycles. The molecule has 0 radical (unpaired) electrons. The average Bonchev–Trinajstić information content (AvgIpc) is 2.73. The van der Waals surface area contributed by atoms with Gasteiger partial charge in [-0.25, -0.2) is 13.2 Å². The monoisotopic (exact) mass is 434 g/mol. The van der Waals surface area contributed by atoms with Gasteiger partial charge >= 0.3 is 11.7 Å². The minimum absolute atomic E-state index is 0.153. The Balaban J connectivity index is 2.13. The first-order valence-electron chi connectivity index (χ1n) is 9.05. The van der Waals surface area contributed by atoms with E-state index < -0.39 is 26.6 Å². The van der Waals surface area contributed by atoms with Crippen LogP contribution >= 0.6 is 0 Å². The van der Waals surface area contributed by atoms with Crippen LogP contribution in [0.3, 0.4) is 0 Å². The Hall–Kier alpha value is -3.24. The molecule has 0 fully saturated rings. The van der Waals surface area contributed by atoms with Crippen molar-refractivity contribution in [3.63, 3.8) is 0 Å². The molecular formula is C20H22N2O7S. The molecule has 0 heterocycles. The minimum atomic E-state index is -3.57. The number of hydrogen-bond donors (Lipinski definition) is 0. The Kier molecular flexibility index (Phi) is 7.67. The molecule has 0 unspecified atom stereocenters. The Labute approximate surface area is 174 Å². The van der Waals surface area contributed by atoms with Crippen LogP contribution < -0.4 is 9.47 Å². The van der Waals surface area contributed by atoms with E-state index in [0.717, 1.165) is 12.1 Å². The van der Waals surface area contributed by atoms with E-state index in [1.807, 2.05) is 0 Å². The molecule has 0 atom stereocenters. The number of methoxy groups -OCH3 is 1. The second-order valence-corrected chi connectivity index (χ2v) is 7.94. The van der Waals surface area contributed by atoms with Crippen LogP contribution in [-0.4, -0.2) is 43.8 Å². The zero-order valence-electron chi connectivity index (χ0n) is 16.8. The summed E-state index contributed by atoms with van der Waals surface area (Å²) in [6.45, 7) is 4.25. The number of esters is 1. The molecule has 0 aliphatic carbocycles. The maximum Gasteiger partial charge on any atom is 0.336 e. The summed E-state index contributed by atoms with van der Waals surface area (Å²) < 4.78 is 36.3. The molecule has 10 heteroatoms. The van der Waals surface area contributed by atoms with E-state index >= 15 is 0 Å². The molecule has 30 heavy (non-hydrogen) atoms. The van der Waals surface area contributed by atoms with Crippen molar-refractivity contribution in [1.29, 1.82) is 0 Å². The fourth-order valence-electron chi connectivity index (χ4n) is 2.62. The van der Waals surface area contributed by atoms with E-state index in [9.17, 15) is 23.3 Å². The number of carbonyl (C=O) groups is 1. The first kappa shape index (κ1) is 23.0. The van der Waals surface area contributed by atoms with E-state index in [2.05, 4.69) is 0 Å². The van der Waals surface area contributed by atoms with Crippen molar-refractivity contribution >= 4 is 27.8 Å². The number of nitro benzene ring substituents is 1. The first-order valence-corrected chi connectivity index (χ1v) is 10.5. The van der Waals surface area contributed by atoms with Crippen molar-refractivity contribution in [1.82, 2.24) is 4.31 Å². The molecule has 0 aliphatic rings. The summed E-state index contributed by atoms with van der Waals surface area (Å²) in [5.41, 5.74) is 0.164. The van der Waals surface area contributed by atoms with E-state index in [-0.39, 0.29) is 16.4 Å². The highest BCUT2D eigenvalue weighted by molar-refractivity contribution is 7.89. The van der Waals surface area contributed by atoms with Gasteiger partial charge in [-0.1, -0.05) is 26.0 Å². The van der Waals surface area contributed by atoms with Crippen molar-refractivity contribution in [2.45, 2.75) is 18.7 Å². The zero-order valence-corrected chi connectivity index (χ0v) is 17.6. The quantitative estimate of drug-likeness (QED) is 0.195. The number of carbonyl (C=O) groups excluding carboxylic acids is 1. The van der Waals surface area contributed by atoms with E-state index in [1.54, 1.807) is 26.0 Å². The summed E-state index contributed by atoms with van der Waals surface area (Å²) in [5.74, 6) is -0.768. The number of nitrogens with zero attached hydrogens (tertiary/aromatic N) is 2. The summed E-state index contributed by atoms with van der Waals surface area (Å²) >= 11 is 0. The summed E-state index contributed by atoms with van der Waals surface area (Å²) in [6.07, 6.45) is 2.52. The van der Waals surface area contributed by atoms with Gasteiger partial charge in [-0.3, -0.25) is 10.1 Å². The van der Waals surface area contributed by atoms with Crippen LogP contribution in [-0.2, 0) is 14.8 Å². The highest BCUT2D eigenvalue weighted by Gasteiger charge is 2.21. The molecule has 0 aromatic heterocycles. The second-order valence-electron chi connectivity index (χ2n) is 6.00. The predicted molar refractivity (Wildman–Crippen MR) is 111 cm³/mol. The second kappa shape index (κ2) is 9.99. The average molecular weight is 434 g/mol. The minimum Gasteiger partial charge on any atom is -0.496 e. The van der Waals surface area contributed by atoms with Crippen molar-refractivity contribution < 1.29 is 27.6 Å². The Bertz CT molecular complexity index is 1040. The normalized spacial score (nSPS) is 11.6. The van der Waals surface area contributed by atoms with Gasteiger partial charge in [0, 0.05) is 19.2 Å². The molecule has 0 saturated heterocycles. The smallest absolute Gasteiger partial charge is 0.336 e.